The molecule has 76 valence electrons. The van der Waals surface area contributed by atoms with Crippen molar-refractivity contribution in [2.75, 3.05) is 6.61 Å². The average Bonchev–Trinajstić information content (AvgIpc) is 2.70. The van der Waals surface area contributed by atoms with E-state index in [1.54, 1.807) is 12.1 Å². The number of benzene rings is 1. The molecular formula is C12H16O2. The molecule has 0 spiro atoms. The van der Waals surface area contributed by atoms with Crippen molar-refractivity contribution in [2.45, 2.75) is 25.7 Å². The van der Waals surface area contributed by atoms with Gasteiger partial charge in [0, 0.05) is 0 Å². The van der Waals surface area contributed by atoms with Crippen LogP contribution in [0, 0.1) is 5.92 Å². The summed E-state index contributed by atoms with van der Waals surface area (Å²) in [6.07, 6.45) is 5.31. The number of phenolic OH excluding ortho intramolecular Hbond substituents is 1. The predicted molar refractivity (Wildman–Crippen MR) is 55.6 cm³/mol. The lowest BCUT2D eigenvalue weighted by Crippen LogP contribution is -2.07. The van der Waals surface area contributed by atoms with Crippen LogP contribution >= 0.6 is 0 Å². The molecule has 2 rings (SSSR count). The second-order valence-corrected chi connectivity index (χ2v) is 3.96. The molecule has 0 radical (unpaired) electrons. The zero-order valence-corrected chi connectivity index (χ0v) is 8.28. The highest BCUT2D eigenvalue weighted by atomic mass is 16.5. The summed E-state index contributed by atoms with van der Waals surface area (Å²) in [5.74, 6) is 1.89. The van der Waals surface area contributed by atoms with Gasteiger partial charge in [-0.05, 0) is 43.0 Å². The fraction of sp³-hybridized carbons (Fsp3) is 0.500. The largest absolute Gasteiger partial charge is 0.508 e. The number of ether oxygens (including phenoxy) is 1. The molecule has 0 atom stereocenters. The molecule has 0 aromatic heterocycles. The fourth-order valence-electron chi connectivity index (χ4n) is 1.93. The van der Waals surface area contributed by atoms with E-state index in [-0.39, 0.29) is 0 Å². The van der Waals surface area contributed by atoms with Crippen LogP contribution in [0.15, 0.2) is 24.3 Å². The molecule has 0 unspecified atom stereocenters. The van der Waals surface area contributed by atoms with Crippen LogP contribution in [0.25, 0.3) is 0 Å². The summed E-state index contributed by atoms with van der Waals surface area (Å²) in [6, 6.07) is 6.93. The monoisotopic (exact) mass is 192 g/mol. The molecule has 2 heteroatoms. The third-order valence-electron chi connectivity index (χ3n) is 2.80. The summed E-state index contributed by atoms with van der Waals surface area (Å²) >= 11 is 0. The van der Waals surface area contributed by atoms with Crippen molar-refractivity contribution in [3.63, 3.8) is 0 Å². The molecule has 0 bridgehead atoms. The van der Waals surface area contributed by atoms with Crippen molar-refractivity contribution in [3.05, 3.63) is 24.3 Å². The Balaban J connectivity index is 1.82. The van der Waals surface area contributed by atoms with Gasteiger partial charge in [-0.15, -0.1) is 0 Å². The molecule has 2 nitrogen and oxygen atoms in total. The minimum atomic E-state index is 0.290. The Morgan fingerprint density at radius 1 is 1.14 bits per heavy atom. The van der Waals surface area contributed by atoms with Gasteiger partial charge in [-0.2, -0.15) is 0 Å². The van der Waals surface area contributed by atoms with E-state index < -0.39 is 0 Å². The average molecular weight is 192 g/mol. The maximum atomic E-state index is 9.08. The molecule has 0 heterocycles. The Bertz CT molecular complexity index is 273. The Morgan fingerprint density at radius 2 is 1.79 bits per heavy atom. The molecule has 14 heavy (non-hydrogen) atoms. The number of hydrogen-bond donors (Lipinski definition) is 1. The molecule has 1 saturated carbocycles. The van der Waals surface area contributed by atoms with Crippen molar-refractivity contribution in [1.82, 2.24) is 0 Å². The second kappa shape index (κ2) is 4.36. The highest BCUT2D eigenvalue weighted by Gasteiger charge is 2.15. The van der Waals surface area contributed by atoms with Crippen LogP contribution in [0.3, 0.4) is 0 Å². The Kier molecular flexibility index (Phi) is 2.92. The molecule has 0 saturated heterocycles. The van der Waals surface area contributed by atoms with Crippen molar-refractivity contribution >= 4 is 0 Å². The van der Waals surface area contributed by atoms with Gasteiger partial charge >= 0.3 is 0 Å². The number of rotatable bonds is 3. The van der Waals surface area contributed by atoms with E-state index in [9.17, 15) is 0 Å². The highest BCUT2D eigenvalue weighted by Crippen LogP contribution is 2.25. The van der Waals surface area contributed by atoms with Gasteiger partial charge in [0.25, 0.3) is 0 Å². The van der Waals surface area contributed by atoms with E-state index >= 15 is 0 Å². The molecule has 0 aliphatic heterocycles. The Labute approximate surface area is 84.5 Å². The van der Waals surface area contributed by atoms with Gasteiger partial charge in [0.1, 0.15) is 11.5 Å². The van der Waals surface area contributed by atoms with Crippen molar-refractivity contribution in [3.8, 4) is 11.5 Å². The molecule has 1 aromatic carbocycles. The van der Waals surface area contributed by atoms with E-state index in [0.717, 1.165) is 18.3 Å². The van der Waals surface area contributed by atoms with E-state index in [2.05, 4.69) is 0 Å². The molecule has 1 aliphatic carbocycles. The van der Waals surface area contributed by atoms with Crippen LogP contribution in [0.5, 0.6) is 11.5 Å². The van der Waals surface area contributed by atoms with Crippen LogP contribution in [0.1, 0.15) is 25.7 Å². The van der Waals surface area contributed by atoms with E-state index in [1.165, 1.54) is 25.7 Å². The molecule has 1 fully saturated rings. The predicted octanol–water partition coefficient (Wildman–Crippen LogP) is 2.96. The van der Waals surface area contributed by atoms with E-state index in [1.807, 2.05) is 12.1 Å². The van der Waals surface area contributed by atoms with Crippen LogP contribution in [-0.2, 0) is 0 Å². The van der Waals surface area contributed by atoms with Crippen LogP contribution < -0.4 is 4.74 Å². The first-order chi connectivity index (χ1) is 6.84. The van der Waals surface area contributed by atoms with Crippen molar-refractivity contribution in [2.24, 2.45) is 5.92 Å². The second-order valence-electron chi connectivity index (χ2n) is 3.96. The smallest absolute Gasteiger partial charge is 0.119 e. The maximum absolute atomic E-state index is 9.08. The van der Waals surface area contributed by atoms with Gasteiger partial charge in [-0.1, -0.05) is 12.8 Å². The lowest BCUT2D eigenvalue weighted by Gasteiger charge is -2.10. The van der Waals surface area contributed by atoms with Gasteiger partial charge < -0.3 is 9.84 Å². The molecular weight excluding hydrogens is 176 g/mol. The lowest BCUT2D eigenvalue weighted by molar-refractivity contribution is 0.252. The van der Waals surface area contributed by atoms with Crippen LogP contribution in [0.2, 0.25) is 0 Å². The quantitative estimate of drug-likeness (QED) is 0.797. The maximum Gasteiger partial charge on any atom is 0.119 e. The van der Waals surface area contributed by atoms with Gasteiger partial charge in [-0.3, -0.25) is 0 Å². The van der Waals surface area contributed by atoms with Crippen molar-refractivity contribution < 1.29 is 9.84 Å². The summed E-state index contributed by atoms with van der Waals surface area (Å²) in [5.41, 5.74) is 0. The lowest BCUT2D eigenvalue weighted by atomic mass is 10.1. The first-order valence-electron chi connectivity index (χ1n) is 5.26. The summed E-state index contributed by atoms with van der Waals surface area (Å²) in [5, 5.41) is 9.08. The SMILES string of the molecule is Oc1ccc(OCC2CCCC2)cc1. The Morgan fingerprint density at radius 3 is 2.43 bits per heavy atom. The minimum Gasteiger partial charge on any atom is -0.508 e. The summed E-state index contributed by atoms with van der Waals surface area (Å²) in [7, 11) is 0. The molecule has 1 aliphatic rings. The number of phenols is 1. The molecule has 0 amide bonds. The first-order valence-corrected chi connectivity index (χ1v) is 5.26. The summed E-state index contributed by atoms with van der Waals surface area (Å²) in [4.78, 5) is 0. The van der Waals surface area contributed by atoms with Gasteiger partial charge in [-0.25, -0.2) is 0 Å². The third kappa shape index (κ3) is 2.41. The standard InChI is InChI=1S/C12H16O2/c13-11-5-7-12(8-6-11)14-9-10-3-1-2-4-10/h5-8,10,13H,1-4,9H2. The van der Waals surface area contributed by atoms with Crippen LogP contribution in [-0.4, -0.2) is 11.7 Å². The van der Waals surface area contributed by atoms with Gasteiger partial charge in [0.05, 0.1) is 6.61 Å². The van der Waals surface area contributed by atoms with Crippen LogP contribution in [0.4, 0.5) is 0 Å². The van der Waals surface area contributed by atoms with Crippen molar-refractivity contribution in [1.29, 1.82) is 0 Å². The third-order valence-corrected chi connectivity index (χ3v) is 2.80. The Hall–Kier alpha value is -1.18. The number of aromatic hydroxyl groups is 1. The van der Waals surface area contributed by atoms with Gasteiger partial charge in [0.15, 0.2) is 0 Å². The first kappa shape index (κ1) is 9.38. The highest BCUT2D eigenvalue weighted by molar-refractivity contribution is 5.30. The van der Waals surface area contributed by atoms with E-state index in [4.69, 9.17) is 9.84 Å². The van der Waals surface area contributed by atoms with Gasteiger partial charge in [0.2, 0.25) is 0 Å². The number of hydrogen-bond acceptors (Lipinski definition) is 2. The van der Waals surface area contributed by atoms with E-state index in [0.29, 0.717) is 5.75 Å². The zero-order chi connectivity index (χ0) is 9.80. The normalized spacial score (nSPS) is 17.1. The zero-order valence-electron chi connectivity index (χ0n) is 8.28. The summed E-state index contributed by atoms with van der Waals surface area (Å²) in [6.45, 7) is 0.824. The topological polar surface area (TPSA) is 29.5 Å². The molecule has 1 N–H and O–H groups in total. The minimum absolute atomic E-state index is 0.290. The molecule has 1 aromatic rings. The summed E-state index contributed by atoms with van der Waals surface area (Å²) < 4.78 is 5.63. The fourth-order valence-corrected chi connectivity index (χ4v) is 1.93.